The number of rotatable bonds is 4. The molecule has 1 aromatic carbocycles. The summed E-state index contributed by atoms with van der Waals surface area (Å²) in [5.74, 6) is -0.831. The number of carbonyl (C=O) groups excluding carboxylic acids is 2. The van der Waals surface area contributed by atoms with E-state index in [0.29, 0.717) is 5.56 Å². The Hall–Kier alpha value is -1.90. The van der Waals surface area contributed by atoms with Crippen LogP contribution in [0.15, 0.2) is 36.9 Å². The van der Waals surface area contributed by atoms with E-state index >= 15 is 0 Å². The van der Waals surface area contributed by atoms with Gasteiger partial charge in [0, 0.05) is 11.6 Å². The van der Waals surface area contributed by atoms with Gasteiger partial charge >= 0.3 is 5.97 Å². The highest BCUT2D eigenvalue weighted by Crippen LogP contribution is 2.24. The molecule has 1 aromatic rings. The molecule has 0 amide bonds. The molecule has 1 rings (SSSR count). The fourth-order valence-electron chi connectivity index (χ4n) is 1.81. The second kappa shape index (κ2) is 5.61. The highest BCUT2D eigenvalue weighted by Gasteiger charge is 2.32. The molecule has 0 fully saturated rings. The number of ether oxygens (including phenoxy) is 1. The molecule has 0 heterocycles. The van der Waals surface area contributed by atoms with E-state index in [1.165, 1.54) is 0 Å². The number of hydrogen-bond acceptors (Lipinski definition) is 3. The summed E-state index contributed by atoms with van der Waals surface area (Å²) in [6.45, 7) is 12.8. The van der Waals surface area contributed by atoms with Gasteiger partial charge < -0.3 is 4.74 Å². The standard InChI is InChI=1S/C17H22O3/c1-7-14(18)20-17(5,6)15(19)12-8-10-13(11-9-12)16(2,3)4/h7-11H,1H2,2-6H3. The predicted molar refractivity (Wildman–Crippen MR) is 79.8 cm³/mol. The molecule has 0 N–H and O–H groups in total. The van der Waals surface area contributed by atoms with Crippen molar-refractivity contribution in [3.8, 4) is 0 Å². The first kappa shape index (κ1) is 16.2. The van der Waals surface area contributed by atoms with Gasteiger partial charge in [0.25, 0.3) is 0 Å². The summed E-state index contributed by atoms with van der Waals surface area (Å²) in [6, 6.07) is 7.40. The Kier molecular flexibility index (Phi) is 4.53. The zero-order chi connectivity index (χ0) is 15.6. The Balaban J connectivity index is 2.98. The molecule has 0 aliphatic heterocycles. The molecule has 0 saturated heterocycles. The average Bonchev–Trinajstić information content (AvgIpc) is 2.36. The molecule has 3 heteroatoms. The van der Waals surface area contributed by atoms with Crippen LogP contribution >= 0.6 is 0 Å². The zero-order valence-electron chi connectivity index (χ0n) is 12.8. The summed E-state index contributed by atoms with van der Waals surface area (Å²) in [5, 5.41) is 0. The molecule has 0 aliphatic rings. The van der Waals surface area contributed by atoms with Crippen molar-refractivity contribution in [2.24, 2.45) is 0 Å². The van der Waals surface area contributed by atoms with Crippen LogP contribution in [-0.4, -0.2) is 17.4 Å². The van der Waals surface area contributed by atoms with E-state index in [4.69, 9.17) is 4.74 Å². The van der Waals surface area contributed by atoms with Crippen molar-refractivity contribution in [1.82, 2.24) is 0 Å². The number of carbonyl (C=O) groups is 2. The molecule has 0 unspecified atom stereocenters. The molecule has 0 radical (unpaired) electrons. The quantitative estimate of drug-likeness (QED) is 0.478. The molecule has 0 aliphatic carbocycles. The van der Waals surface area contributed by atoms with Gasteiger partial charge in [-0.2, -0.15) is 0 Å². The lowest BCUT2D eigenvalue weighted by atomic mass is 9.85. The van der Waals surface area contributed by atoms with Gasteiger partial charge in [0.1, 0.15) is 0 Å². The van der Waals surface area contributed by atoms with Crippen molar-refractivity contribution in [1.29, 1.82) is 0 Å². The number of hydrogen-bond donors (Lipinski definition) is 0. The third-order valence-electron chi connectivity index (χ3n) is 3.08. The summed E-state index contributed by atoms with van der Waals surface area (Å²) in [7, 11) is 0. The largest absolute Gasteiger partial charge is 0.448 e. The van der Waals surface area contributed by atoms with Gasteiger partial charge in [-0.05, 0) is 24.8 Å². The fourth-order valence-corrected chi connectivity index (χ4v) is 1.81. The summed E-state index contributed by atoms with van der Waals surface area (Å²) in [4.78, 5) is 23.6. The van der Waals surface area contributed by atoms with Gasteiger partial charge in [0.2, 0.25) is 5.78 Å². The van der Waals surface area contributed by atoms with Crippen molar-refractivity contribution in [3.63, 3.8) is 0 Å². The maximum Gasteiger partial charge on any atom is 0.331 e. The zero-order valence-corrected chi connectivity index (χ0v) is 12.8. The van der Waals surface area contributed by atoms with Crippen LogP contribution in [0.2, 0.25) is 0 Å². The highest BCUT2D eigenvalue weighted by molar-refractivity contribution is 6.03. The van der Waals surface area contributed by atoms with Crippen LogP contribution in [0, 0.1) is 0 Å². The minimum Gasteiger partial charge on any atom is -0.448 e. The van der Waals surface area contributed by atoms with E-state index in [-0.39, 0.29) is 11.2 Å². The fraction of sp³-hybridized carbons (Fsp3) is 0.412. The molecule has 0 aromatic heterocycles. The maximum absolute atomic E-state index is 12.4. The lowest BCUT2D eigenvalue weighted by Gasteiger charge is -2.24. The van der Waals surface area contributed by atoms with Gasteiger partial charge in [-0.3, -0.25) is 4.79 Å². The van der Waals surface area contributed by atoms with Crippen molar-refractivity contribution < 1.29 is 14.3 Å². The van der Waals surface area contributed by atoms with Crippen LogP contribution in [0.4, 0.5) is 0 Å². The van der Waals surface area contributed by atoms with Crippen LogP contribution in [0.1, 0.15) is 50.5 Å². The van der Waals surface area contributed by atoms with E-state index in [1.54, 1.807) is 26.0 Å². The van der Waals surface area contributed by atoms with E-state index in [0.717, 1.165) is 11.6 Å². The monoisotopic (exact) mass is 274 g/mol. The SMILES string of the molecule is C=CC(=O)OC(C)(C)C(=O)c1ccc(C(C)(C)C)cc1. The Morgan fingerprint density at radius 1 is 1.05 bits per heavy atom. The van der Waals surface area contributed by atoms with Gasteiger partial charge in [-0.25, -0.2) is 4.79 Å². The molecule has 0 spiro atoms. The first-order valence-corrected chi connectivity index (χ1v) is 6.58. The highest BCUT2D eigenvalue weighted by atomic mass is 16.6. The summed E-state index contributed by atoms with van der Waals surface area (Å²) >= 11 is 0. The molecule has 0 atom stereocenters. The minimum absolute atomic E-state index is 0.0341. The van der Waals surface area contributed by atoms with Gasteiger partial charge in [0.05, 0.1) is 0 Å². The third kappa shape index (κ3) is 3.80. The average molecular weight is 274 g/mol. The van der Waals surface area contributed by atoms with Gasteiger partial charge in [-0.1, -0.05) is 51.6 Å². The van der Waals surface area contributed by atoms with Crippen molar-refractivity contribution in [2.75, 3.05) is 0 Å². The van der Waals surface area contributed by atoms with E-state index in [1.807, 2.05) is 12.1 Å². The maximum atomic E-state index is 12.4. The smallest absolute Gasteiger partial charge is 0.331 e. The molecule has 20 heavy (non-hydrogen) atoms. The Bertz CT molecular complexity index is 516. The number of Topliss-reactive ketones (excluding diaryl/α,β-unsaturated/α-hetero) is 1. The van der Waals surface area contributed by atoms with Crippen LogP contribution in [0.3, 0.4) is 0 Å². The van der Waals surface area contributed by atoms with Crippen molar-refractivity contribution in [3.05, 3.63) is 48.0 Å². The number of ketones is 1. The summed E-state index contributed by atoms with van der Waals surface area (Å²) < 4.78 is 5.09. The van der Waals surface area contributed by atoms with Crippen LogP contribution < -0.4 is 0 Å². The molecule has 0 saturated carbocycles. The number of benzene rings is 1. The second-order valence-electron chi connectivity index (χ2n) is 6.29. The van der Waals surface area contributed by atoms with Crippen LogP contribution in [0.25, 0.3) is 0 Å². The van der Waals surface area contributed by atoms with Crippen molar-refractivity contribution in [2.45, 2.75) is 45.6 Å². The van der Waals surface area contributed by atoms with E-state index in [9.17, 15) is 9.59 Å². The Morgan fingerprint density at radius 3 is 1.95 bits per heavy atom. The predicted octanol–water partition coefficient (Wildman–Crippen LogP) is 3.67. The lowest BCUT2D eigenvalue weighted by Crippen LogP contribution is -2.36. The van der Waals surface area contributed by atoms with Gasteiger partial charge in [-0.15, -0.1) is 0 Å². The number of esters is 1. The van der Waals surface area contributed by atoms with Crippen LogP contribution in [0.5, 0.6) is 0 Å². The summed E-state index contributed by atoms with van der Waals surface area (Å²) in [5.41, 5.74) is 0.510. The first-order chi connectivity index (χ1) is 9.08. The molecule has 0 bridgehead atoms. The molecular formula is C17H22O3. The first-order valence-electron chi connectivity index (χ1n) is 6.58. The molecular weight excluding hydrogens is 252 g/mol. The van der Waals surface area contributed by atoms with E-state index in [2.05, 4.69) is 27.4 Å². The third-order valence-corrected chi connectivity index (χ3v) is 3.08. The Labute approximate surface area is 120 Å². The van der Waals surface area contributed by atoms with Gasteiger partial charge in [0.15, 0.2) is 5.60 Å². The normalized spacial score (nSPS) is 11.8. The molecule has 3 nitrogen and oxygen atoms in total. The van der Waals surface area contributed by atoms with Crippen molar-refractivity contribution >= 4 is 11.8 Å². The second-order valence-corrected chi connectivity index (χ2v) is 6.29. The summed E-state index contributed by atoms with van der Waals surface area (Å²) in [6.07, 6.45) is 1.05. The lowest BCUT2D eigenvalue weighted by molar-refractivity contribution is -0.146. The topological polar surface area (TPSA) is 43.4 Å². The minimum atomic E-state index is -1.20. The van der Waals surface area contributed by atoms with E-state index < -0.39 is 11.6 Å². The Morgan fingerprint density at radius 2 is 1.55 bits per heavy atom. The molecule has 108 valence electrons. The van der Waals surface area contributed by atoms with Crippen LogP contribution in [-0.2, 0) is 14.9 Å².